The number of fused-ring (bicyclic) bond motifs is 6. The van der Waals surface area contributed by atoms with Crippen LogP contribution in [-0.2, 0) is 5.41 Å². The average Bonchev–Trinajstić information content (AvgIpc) is 3.59. The summed E-state index contributed by atoms with van der Waals surface area (Å²) in [6, 6.07) is 64.1. The number of anilines is 3. The fourth-order valence-electron chi connectivity index (χ4n) is 9.46. The summed E-state index contributed by atoms with van der Waals surface area (Å²) in [7, 11) is 0. The first-order valence-electron chi connectivity index (χ1n) is 18.6. The van der Waals surface area contributed by atoms with Gasteiger partial charge in [0, 0.05) is 38.4 Å². The summed E-state index contributed by atoms with van der Waals surface area (Å²) < 4.78 is 2.32. The first kappa shape index (κ1) is 29.5. The fourth-order valence-corrected chi connectivity index (χ4v) is 9.46. The average molecular weight is 689 g/mol. The second-order valence-electron chi connectivity index (χ2n) is 14.7. The lowest BCUT2D eigenvalue weighted by molar-refractivity contribution is 0.682. The molecule has 4 nitrogen and oxygen atoms in total. The van der Waals surface area contributed by atoms with E-state index in [1.807, 2.05) is 0 Å². The molecule has 7 bridgehead atoms. The van der Waals surface area contributed by atoms with Crippen LogP contribution in [0.2, 0.25) is 0 Å². The van der Waals surface area contributed by atoms with E-state index in [0.29, 0.717) is 5.95 Å². The molecule has 3 aliphatic heterocycles. The first-order valence-corrected chi connectivity index (χ1v) is 18.6. The van der Waals surface area contributed by atoms with Crippen LogP contribution in [0.3, 0.4) is 0 Å². The van der Waals surface area contributed by atoms with E-state index in [-0.39, 0.29) is 0 Å². The molecule has 252 valence electrons. The Hall–Kier alpha value is -7.04. The van der Waals surface area contributed by atoms with Crippen molar-refractivity contribution in [2.24, 2.45) is 0 Å². The van der Waals surface area contributed by atoms with Crippen molar-refractivity contribution in [3.63, 3.8) is 0 Å². The summed E-state index contributed by atoms with van der Waals surface area (Å²) >= 11 is 0. The minimum absolute atomic E-state index is 0.469. The maximum Gasteiger partial charge on any atom is 0.235 e. The lowest BCUT2D eigenvalue weighted by Crippen LogP contribution is -2.34. The highest BCUT2D eigenvalue weighted by Crippen LogP contribution is 2.56. The molecule has 0 fully saturated rings. The lowest BCUT2D eigenvalue weighted by Gasteiger charge is -2.44. The molecule has 54 heavy (non-hydrogen) atoms. The molecule has 13 rings (SSSR count). The van der Waals surface area contributed by atoms with Gasteiger partial charge in [-0.3, -0.25) is 4.57 Å². The van der Waals surface area contributed by atoms with Gasteiger partial charge in [-0.15, -0.1) is 0 Å². The molecular formula is C50H32N4. The highest BCUT2D eigenvalue weighted by Gasteiger charge is 2.42. The van der Waals surface area contributed by atoms with Gasteiger partial charge < -0.3 is 4.90 Å². The Morgan fingerprint density at radius 2 is 1.28 bits per heavy atom. The summed E-state index contributed by atoms with van der Waals surface area (Å²) in [6.45, 7) is 2.39. The van der Waals surface area contributed by atoms with E-state index in [1.54, 1.807) is 0 Å². The number of aromatic nitrogens is 3. The molecule has 2 aromatic heterocycles. The number of hydrogen-bond acceptors (Lipinski definition) is 3. The predicted molar refractivity (Wildman–Crippen MR) is 222 cm³/mol. The predicted octanol–water partition coefficient (Wildman–Crippen LogP) is 12.7. The molecule has 0 aliphatic carbocycles. The lowest BCUT2D eigenvalue weighted by atomic mass is 9.67. The molecule has 0 saturated carbocycles. The van der Waals surface area contributed by atoms with Gasteiger partial charge in [-0.1, -0.05) is 140 Å². The van der Waals surface area contributed by atoms with Crippen molar-refractivity contribution >= 4 is 60.5 Å². The van der Waals surface area contributed by atoms with Crippen molar-refractivity contribution < 1.29 is 0 Å². The van der Waals surface area contributed by atoms with Gasteiger partial charge in [-0.25, -0.2) is 9.97 Å². The highest BCUT2D eigenvalue weighted by molar-refractivity contribution is 6.23. The fraction of sp³-hybridized carbons (Fsp3) is 0.0400. The number of nitrogens with zero attached hydrogens (tertiary/aromatic N) is 4. The van der Waals surface area contributed by atoms with Gasteiger partial charge in [0.25, 0.3) is 0 Å². The van der Waals surface area contributed by atoms with E-state index in [1.165, 1.54) is 49.6 Å². The molecule has 1 unspecified atom stereocenters. The van der Waals surface area contributed by atoms with Crippen LogP contribution >= 0.6 is 0 Å². The smallest absolute Gasteiger partial charge is 0.235 e. The van der Waals surface area contributed by atoms with Crippen molar-refractivity contribution in [1.82, 2.24) is 14.5 Å². The Morgan fingerprint density at radius 3 is 2.17 bits per heavy atom. The Kier molecular flexibility index (Phi) is 5.88. The van der Waals surface area contributed by atoms with E-state index in [4.69, 9.17) is 9.97 Å². The third-order valence-corrected chi connectivity index (χ3v) is 12.0. The molecule has 0 radical (unpaired) electrons. The Morgan fingerprint density at radius 1 is 0.519 bits per heavy atom. The largest absolute Gasteiger partial charge is 0.310 e. The van der Waals surface area contributed by atoms with E-state index < -0.39 is 5.41 Å². The molecule has 4 heteroatoms. The monoisotopic (exact) mass is 688 g/mol. The summed E-state index contributed by atoms with van der Waals surface area (Å²) in [4.78, 5) is 13.5. The summed E-state index contributed by atoms with van der Waals surface area (Å²) in [5, 5.41) is 5.85. The Bertz CT molecular complexity index is 3180. The maximum absolute atomic E-state index is 5.53. The van der Waals surface area contributed by atoms with Crippen LogP contribution in [-0.4, -0.2) is 14.5 Å². The first-order chi connectivity index (χ1) is 26.7. The van der Waals surface area contributed by atoms with Crippen LogP contribution < -0.4 is 4.90 Å². The molecule has 10 aromatic rings. The number of para-hydroxylation sites is 3. The number of rotatable bonds is 2. The van der Waals surface area contributed by atoms with Crippen molar-refractivity contribution in [2.75, 3.05) is 4.90 Å². The van der Waals surface area contributed by atoms with Crippen molar-refractivity contribution in [3.05, 3.63) is 193 Å². The van der Waals surface area contributed by atoms with Crippen LogP contribution in [0.5, 0.6) is 0 Å². The number of benzene rings is 8. The molecule has 1 atom stereocenters. The second-order valence-corrected chi connectivity index (χ2v) is 14.7. The van der Waals surface area contributed by atoms with E-state index in [0.717, 1.165) is 50.0 Å². The molecular weight excluding hydrogens is 657 g/mol. The third-order valence-electron chi connectivity index (χ3n) is 12.0. The quantitative estimate of drug-likeness (QED) is 0.181. The SMILES string of the molecule is CC12c3ccc4c(-c5ccccc5)nc(nc4c3)-n3c4ccc5ccccc5c4c4cccc(c43)-c3ccc1c(c3)N(c1ccccc1)c1ccccc12. The molecule has 8 aromatic carbocycles. The minimum Gasteiger partial charge on any atom is -0.310 e. The zero-order chi connectivity index (χ0) is 35.5. The van der Waals surface area contributed by atoms with Crippen LogP contribution in [0.4, 0.5) is 17.1 Å². The van der Waals surface area contributed by atoms with Gasteiger partial charge in [0.05, 0.1) is 33.6 Å². The Labute approximate surface area is 312 Å². The van der Waals surface area contributed by atoms with Crippen LogP contribution in [0, 0.1) is 0 Å². The van der Waals surface area contributed by atoms with Gasteiger partial charge in [-0.05, 0) is 76.3 Å². The van der Waals surface area contributed by atoms with Crippen LogP contribution in [0.25, 0.3) is 71.8 Å². The minimum atomic E-state index is -0.469. The molecule has 0 N–H and O–H groups in total. The topological polar surface area (TPSA) is 34.0 Å². The van der Waals surface area contributed by atoms with Crippen molar-refractivity contribution in [1.29, 1.82) is 0 Å². The molecule has 0 amide bonds. The van der Waals surface area contributed by atoms with Gasteiger partial charge in [0.1, 0.15) is 0 Å². The maximum atomic E-state index is 5.53. The van der Waals surface area contributed by atoms with Crippen molar-refractivity contribution in [2.45, 2.75) is 12.3 Å². The second kappa shape index (κ2) is 10.8. The molecule has 0 spiro atoms. The molecule has 0 saturated heterocycles. The van der Waals surface area contributed by atoms with Gasteiger partial charge >= 0.3 is 0 Å². The van der Waals surface area contributed by atoms with E-state index in [2.05, 4.69) is 192 Å². The van der Waals surface area contributed by atoms with Gasteiger partial charge in [0.15, 0.2) is 0 Å². The highest BCUT2D eigenvalue weighted by atomic mass is 15.2. The van der Waals surface area contributed by atoms with Gasteiger partial charge in [-0.2, -0.15) is 0 Å². The third kappa shape index (κ3) is 3.86. The van der Waals surface area contributed by atoms with Crippen LogP contribution in [0.15, 0.2) is 176 Å². The zero-order valence-corrected chi connectivity index (χ0v) is 29.5. The summed E-state index contributed by atoms with van der Waals surface area (Å²) in [5.41, 5.74) is 14.1. The van der Waals surface area contributed by atoms with E-state index in [9.17, 15) is 0 Å². The molecule has 3 aliphatic rings. The van der Waals surface area contributed by atoms with Gasteiger partial charge in [0.2, 0.25) is 5.95 Å². The zero-order valence-electron chi connectivity index (χ0n) is 29.5. The van der Waals surface area contributed by atoms with E-state index >= 15 is 0 Å². The summed E-state index contributed by atoms with van der Waals surface area (Å²) in [6.07, 6.45) is 0. The van der Waals surface area contributed by atoms with Crippen molar-refractivity contribution in [3.8, 4) is 28.3 Å². The summed E-state index contributed by atoms with van der Waals surface area (Å²) in [5.74, 6) is 0.666. The molecule has 5 heterocycles. The number of hydrogen-bond donors (Lipinski definition) is 0. The Balaban J connectivity index is 1.31. The normalized spacial score (nSPS) is 15.5. The van der Waals surface area contributed by atoms with Crippen LogP contribution in [0.1, 0.15) is 23.6 Å². The standard InChI is InChI=1S/C50H32N4/c1-50-34-25-26-38-42(30-34)51-49(52-47(38)32-14-4-2-5-15-32)54-44-28-24-31-13-8-9-18-36(31)46(44)39-20-12-19-37(48(39)54)33-23-27-41(50)45(29-33)53(35-16-6-3-7-17-35)43-22-11-10-21-40(43)50/h2-30H,1H3.